The van der Waals surface area contributed by atoms with E-state index in [0.717, 1.165) is 27.4 Å². The van der Waals surface area contributed by atoms with Gasteiger partial charge in [-0.15, -0.1) is 0 Å². The molecule has 5 aromatic carbocycles. The minimum atomic E-state index is -3.98. The third kappa shape index (κ3) is 3.69. The number of hydrogen-bond acceptors (Lipinski definition) is 2. The number of benzene rings is 5. The van der Waals surface area contributed by atoms with Crippen molar-refractivity contribution < 1.29 is 9.05 Å². The fraction of sp³-hybridized carbons (Fsp3) is 0. The minimum absolute atomic E-state index is 0.752. The molecule has 0 heterocycles. The van der Waals surface area contributed by atoms with E-state index >= 15 is 0 Å². The van der Waals surface area contributed by atoms with Gasteiger partial charge in [-0.3, -0.25) is 0 Å². The van der Waals surface area contributed by atoms with Gasteiger partial charge < -0.3 is 0 Å². The molecular weight excluding hydrogens is 423 g/mol. The first kappa shape index (κ1) is 21.0. The van der Waals surface area contributed by atoms with Gasteiger partial charge in [0.05, 0.1) is 0 Å². The average Bonchev–Trinajstić information content (AvgIpc) is 2.91. The zero-order chi connectivity index (χ0) is 22.4. The maximum absolute atomic E-state index is 7.26. The topological polar surface area (TPSA) is 18.5 Å². The van der Waals surface area contributed by atoms with Crippen LogP contribution in [-0.2, 0) is 0 Å². The van der Waals surface area contributed by atoms with E-state index in [1.807, 2.05) is 115 Å². The third-order valence-electron chi connectivity index (χ3n) is 5.72. The molecule has 0 atom stereocenters. The van der Waals surface area contributed by atoms with E-state index in [4.69, 9.17) is 9.05 Å². The van der Waals surface area contributed by atoms with Crippen LogP contribution >= 0.6 is 7.06 Å². The van der Waals surface area contributed by atoms with Crippen molar-refractivity contribution in [2.24, 2.45) is 0 Å². The van der Waals surface area contributed by atoms with Crippen LogP contribution in [0.25, 0.3) is 0 Å². The molecule has 33 heavy (non-hydrogen) atoms. The first-order valence-electron chi connectivity index (χ1n) is 11.0. The van der Waals surface area contributed by atoms with Crippen LogP contribution < -0.4 is 25.0 Å². The quantitative estimate of drug-likeness (QED) is 0.265. The average molecular weight is 449 g/mol. The molecule has 0 aromatic heterocycles. The molecule has 0 bridgehead atoms. The van der Waals surface area contributed by atoms with Gasteiger partial charge >= 0.3 is 195 Å². The van der Waals surface area contributed by atoms with Crippen molar-refractivity contribution in [1.82, 2.24) is 0 Å². The summed E-state index contributed by atoms with van der Waals surface area (Å²) in [5, 5.41) is 2.98. The normalized spacial score (nSPS) is 12.3. The summed E-state index contributed by atoms with van der Waals surface area (Å²) in [6.07, 6.45) is 0. The number of rotatable bonds is 7. The molecule has 0 fully saturated rings. The predicted molar refractivity (Wildman–Crippen MR) is 139 cm³/mol. The summed E-state index contributed by atoms with van der Waals surface area (Å²) in [7, 11) is -3.98. The molecule has 162 valence electrons. The SMILES string of the molecule is c1ccc(OP(Oc2ccccc2)(c2ccccc2)(c2ccccc2)c2ccccc2)cc1. The molecule has 0 N–H and O–H groups in total. The molecular formula is C30H25O2P. The van der Waals surface area contributed by atoms with Crippen molar-refractivity contribution in [2.75, 3.05) is 0 Å². The summed E-state index contributed by atoms with van der Waals surface area (Å²) < 4.78 is 14.5. The summed E-state index contributed by atoms with van der Waals surface area (Å²) in [5.74, 6) is 1.50. The van der Waals surface area contributed by atoms with Gasteiger partial charge in [-0.1, -0.05) is 0 Å². The Balaban J connectivity index is 1.95. The molecule has 0 aliphatic carbocycles. The van der Waals surface area contributed by atoms with E-state index in [0.29, 0.717) is 0 Å². The van der Waals surface area contributed by atoms with Crippen LogP contribution in [0.4, 0.5) is 0 Å². The first-order chi connectivity index (χ1) is 16.3. The summed E-state index contributed by atoms with van der Waals surface area (Å²) in [5.41, 5.74) is 0. The Morgan fingerprint density at radius 2 is 0.545 bits per heavy atom. The van der Waals surface area contributed by atoms with E-state index in [1.165, 1.54) is 0 Å². The molecule has 0 aliphatic heterocycles. The summed E-state index contributed by atoms with van der Waals surface area (Å²) in [6, 6.07) is 51.0. The molecule has 5 rings (SSSR count). The van der Waals surface area contributed by atoms with Crippen molar-refractivity contribution in [1.29, 1.82) is 0 Å². The van der Waals surface area contributed by atoms with E-state index in [-0.39, 0.29) is 0 Å². The van der Waals surface area contributed by atoms with Crippen LogP contribution in [0.1, 0.15) is 0 Å². The number of hydrogen-bond donors (Lipinski definition) is 0. The van der Waals surface area contributed by atoms with Crippen LogP contribution in [-0.4, -0.2) is 0 Å². The Kier molecular flexibility index (Phi) is 5.69. The third-order valence-corrected chi connectivity index (χ3v) is 10.5. The standard InChI is InChI=1S/C30H25O2P/c1-6-16-26(17-7-1)31-33(28-20-10-3-11-21-28,29-22-12-4-13-23-29,30-24-14-5-15-25-30)32-27-18-8-2-9-19-27/h1-25H. The molecule has 0 unspecified atom stereocenters. The monoisotopic (exact) mass is 448 g/mol. The Morgan fingerprint density at radius 1 is 0.303 bits per heavy atom. The molecule has 0 aliphatic rings. The fourth-order valence-corrected chi connectivity index (χ4v) is 9.00. The zero-order valence-corrected chi connectivity index (χ0v) is 19.1. The Hall–Kier alpha value is -3.87. The van der Waals surface area contributed by atoms with Crippen molar-refractivity contribution in [3.8, 4) is 11.5 Å². The predicted octanol–water partition coefficient (Wildman–Crippen LogP) is 6.50. The van der Waals surface area contributed by atoms with Gasteiger partial charge in [-0.05, 0) is 0 Å². The second kappa shape index (κ2) is 8.94. The zero-order valence-electron chi connectivity index (χ0n) is 18.2. The molecule has 0 radical (unpaired) electrons. The molecule has 2 nitrogen and oxygen atoms in total. The van der Waals surface area contributed by atoms with Gasteiger partial charge in [0.2, 0.25) is 0 Å². The molecule has 3 heteroatoms. The molecule has 0 saturated heterocycles. The fourth-order valence-electron chi connectivity index (χ4n) is 4.24. The summed E-state index contributed by atoms with van der Waals surface area (Å²) in [6.45, 7) is 0. The Bertz CT molecular complexity index is 1150. The van der Waals surface area contributed by atoms with E-state index < -0.39 is 7.06 Å². The van der Waals surface area contributed by atoms with Crippen LogP contribution in [0.5, 0.6) is 11.5 Å². The maximum atomic E-state index is 7.26. The second-order valence-electron chi connectivity index (χ2n) is 7.77. The van der Waals surface area contributed by atoms with E-state index in [1.54, 1.807) is 0 Å². The summed E-state index contributed by atoms with van der Waals surface area (Å²) in [4.78, 5) is 0. The second-order valence-corrected chi connectivity index (χ2v) is 11.6. The van der Waals surface area contributed by atoms with Crippen LogP contribution in [0.15, 0.2) is 152 Å². The van der Waals surface area contributed by atoms with Gasteiger partial charge in [-0.25, -0.2) is 0 Å². The van der Waals surface area contributed by atoms with Gasteiger partial charge in [0.1, 0.15) is 0 Å². The van der Waals surface area contributed by atoms with Crippen LogP contribution in [0.2, 0.25) is 0 Å². The van der Waals surface area contributed by atoms with Crippen molar-refractivity contribution in [2.45, 2.75) is 0 Å². The van der Waals surface area contributed by atoms with Crippen LogP contribution in [0.3, 0.4) is 0 Å². The van der Waals surface area contributed by atoms with Gasteiger partial charge in [-0.2, -0.15) is 0 Å². The Morgan fingerprint density at radius 3 is 0.818 bits per heavy atom. The summed E-state index contributed by atoms with van der Waals surface area (Å²) >= 11 is 0. The first-order valence-corrected chi connectivity index (χ1v) is 13.1. The molecule has 0 spiro atoms. The van der Waals surface area contributed by atoms with E-state index in [2.05, 4.69) is 36.4 Å². The molecule has 5 aromatic rings. The van der Waals surface area contributed by atoms with Gasteiger partial charge in [0.15, 0.2) is 0 Å². The van der Waals surface area contributed by atoms with Gasteiger partial charge in [0.25, 0.3) is 0 Å². The van der Waals surface area contributed by atoms with Crippen molar-refractivity contribution >= 4 is 23.0 Å². The molecule has 0 amide bonds. The Labute approximate surface area is 195 Å². The number of para-hydroxylation sites is 2. The van der Waals surface area contributed by atoms with Crippen molar-refractivity contribution in [3.05, 3.63) is 152 Å². The van der Waals surface area contributed by atoms with Gasteiger partial charge in [0, 0.05) is 0 Å². The molecule has 0 saturated carbocycles. The van der Waals surface area contributed by atoms with E-state index in [9.17, 15) is 0 Å². The van der Waals surface area contributed by atoms with Crippen LogP contribution in [0, 0.1) is 0 Å². The van der Waals surface area contributed by atoms with Crippen molar-refractivity contribution in [3.63, 3.8) is 0 Å².